The molecule has 0 spiro atoms. The Morgan fingerprint density at radius 1 is 0.826 bits per heavy atom. The van der Waals surface area contributed by atoms with Crippen molar-refractivity contribution in [2.24, 2.45) is 9.98 Å². The van der Waals surface area contributed by atoms with Crippen LogP contribution in [0, 0.1) is 0 Å². The van der Waals surface area contributed by atoms with Gasteiger partial charge in [-0.15, -0.1) is 0 Å². The van der Waals surface area contributed by atoms with Gasteiger partial charge in [0.2, 0.25) is 0 Å². The normalized spacial score (nSPS) is 19.4. The van der Waals surface area contributed by atoms with Crippen molar-refractivity contribution in [3.05, 3.63) is 36.4 Å². The Labute approximate surface area is 140 Å². The van der Waals surface area contributed by atoms with Gasteiger partial charge in [-0.3, -0.25) is 9.98 Å². The highest BCUT2D eigenvalue weighted by molar-refractivity contribution is 6.09. The zero-order valence-corrected chi connectivity index (χ0v) is 15.3. The van der Waals surface area contributed by atoms with E-state index in [1.165, 1.54) is 5.71 Å². The van der Waals surface area contributed by atoms with Crippen LogP contribution in [-0.2, 0) is 0 Å². The summed E-state index contributed by atoms with van der Waals surface area (Å²) in [6.07, 6.45) is 6.11. The van der Waals surface area contributed by atoms with E-state index >= 15 is 0 Å². The zero-order chi connectivity index (χ0) is 17.1. The summed E-state index contributed by atoms with van der Waals surface area (Å²) in [7, 11) is 0. The van der Waals surface area contributed by atoms with E-state index in [4.69, 9.17) is 9.98 Å². The molecule has 0 fully saturated rings. The minimum atomic E-state index is -0.00972. The second-order valence-corrected chi connectivity index (χ2v) is 8.13. The van der Waals surface area contributed by atoms with Crippen molar-refractivity contribution in [2.75, 3.05) is 5.32 Å². The summed E-state index contributed by atoms with van der Waals surface area (Å²) in [4.78, 5) is 9.46. The lowest BCUT2D eigenvalue weighted by Crippen LogP contribution is -2.25. The smallest absolute Gasteiger partial charge is 0.0634 e. The fourth-order valence-corrected chi connectivity index (χ4v) is 2.45. The number of hydrogen-bond donors (Lipinski definition) is 1. The zero-order valence-electron chi connectivity index (χ0n) is 15.3. The van der Waals surface area contributed by atoms with Crippen molar-refractivity contribution in [3.8, 4) is 0 Å². The van der Waals surface area contributed by atoms with Gasteiger partial charge in [0.25, 0.3) is 0 Å². The van der Waals surface area contributed by atoms with Crippen LogP contribution < -0.4 is 5.32 Å². The summed E-state index contributed by atoms with van der Waals surface area (Å²) in [6.45, 7) is 12.9. The Kier molecular flexibility index (Phi) is 5.08. The lowest BCUT2D eigenvalue weighted by atomic mass is 10.0. The molecule has 124 valence electrons. The molecule has 0 radical (unpaired) electrons. The molecule has 0 heterocycles. The molecule has 3 heteroatoms. The lowest BCUT2D eigenvalue weighted by molar-refractivity contribution is 0.582. The van der Waals surface area contributed by atoms with Crippen LogP contribution in [0.15, 0.2) is 46.4 Å². The van der Waals surface area contributed by atoms with E-state index in [2.05, 4.69) is 83.3 Å². The minimum absolute atomic E-state index is 0.00972. The number of anilines is 1. The molecule has 0 saturated heterocycles. The van der Waals surface area contributed by atoms with E-state index in [9.17, 15) is 0 Å². The molecule has 0 saturated carbocycles. The predicted octanol–water partition coefficient (Wildman–Crippen LogP) is 5.56. The molecule has 0 atom stereocenters. The number of aliphatic imine (C=N–C) groups is 2. The highest BCUT2D eigenvalue weighted by Crippen LogP contribution is 2.21. The van der Waals surface area contributed by atoms with Crippen molar-refractivity contribution in [3.63, 3.8) is 0 Å². The molecular formula is C20H29N3. The Bertz CT molecular complexity index is 620. The number of benzene rings is 1. The Hall–Kier alpha value is -1.90. The van der Waals surface area contributed by atoms with Crippen molar-refractivity contribution in [1.29, 1.82) is 0 Å². The third kappa shape index (κ3) is 6.39. The van der Waals surface area contributed by atoms with Crippen LogP contribution in [0.2, 0.25) is 0 Å². The van der Waals surface area contributed by atoms with Crippen LogP contribution in [0.1, 0.15) is 54.4 Å². The number of rotatable bonds is 2. The van der Waals surface area contributed by atoms with Crippen LogP contribution in [-0.4, -0.2) is 22.5 Å². The second-order valence-electron chi connectivity index (χ2n) is 8.13. The van der Waals surface area contributed by atoms with E-state index in [0.29, 0.717) is 0 Å². The molecule has 0 bridgehead atoms. The van der Waals surface area contributed by atoms with Gasteiger partial charge in [-0.05, 0) is 90.8 Å². The van der Waals surface area contributed by atoms with Gasteiger partial charge < -0.3 is 5.32 Å². The van der Waals surface area contributed by atoms with Gasteiger partial charge in [0.15, 0.2) is 0 Å². The summed E-state index contributed by atoms with van der Waals surface area (Å²) in [5.41, 5.74) is 4.48. The first-order chi connectivity index (χ1) is 10.6. The van der Waals surface area contributed by atoms with Crippen molar-refractivity contribution in [1.82, 2.24) is 0 Å². The van der Waals surface area contributed by atoms with Crippen LogP contribution in [0.5, 0.6) is 0 Å². The molecule has 1 aliphatic rings. The average molecular weight is 311 g/mol. The maximum absolute atomic E-state index is 4.73. The number of nitrogens with zero attached hydrogens (tertiary/aromatic N) is 2. The van der Waals surface area contributed by atoms with Gasteiger partial charge in [-0.1, -0.05) is 0 Å². The maximum atomic E-state index is 4.73. The monoisotopic (exact) mass is 311 g/mol. The van der Waals surface area contributed by atoms with E-state index in [0.717, 1.165) is 29.9 Å². The number of nitrogens with one attached hydrogen (secondary N) is 1. The molecule has 0 aromatic heterocycles. The molecule has 0 unspecified atom stereocenters. The van der Waals surface area contributed by atoms with Crippen LogP contribution in [0.25, 0.3) is 0 Å². The largest absolute Gasteiger partial charge is 0.380 e. The molecular weight excluding hydrogens is 282 g/mol. The van der Waals surface area contributed by atoms with Crippen molar-refractivity contribution < 1.29 is 0 Å². The fourth-order valence-electron chi connectivity index (χ4n) is 2.45. The van der Waals surface area contributed by atoms with E-state index in [-0.39, 0.29) is 11.1 Å². The molecule has 3 nitrogen and oxygen atoms in total. The second kappa shape index (κ2) is 6.69. The third-order valence-electron chi connectivity index (χ3n) is 3.24. The number of allylic oxidation sites excluding steroid dienone is 2. The summed E-state index contributed by atoms with van der Waals surface area (Å²) in [5, 5.41) is 3.46. The summed E-state index contributed by atoms with van der Waals surface area (Å²) in [5.74, 6) is 0. The van der Waals surface area contributed by atoms with E-state index in [1.807, 2.05) is 0 Å². The predicted molar refractivity (Wildman–Crippen MR) is 102 cm³/mol. The maximum Gasteiger partial charge on any atom is 0.0634 e. The van der Waals surface area contributed by atoms with E-state index < -0.39 is 0 Å². The molecule has 1 N–H and O–H groups in total. The van der Waals surface area contributed by atoms with Crippen LogP contribution >= 0.6 is 0 Å². The Morgan fingerprint density at radius 3 is 1.87 bits per heavy atom. The highest BCUT2D eigenvalue weighted by atomic mass is 14.9. The fraction of sp³-hybridized carbons (Fsp3) is 0.500. The average Bonchev–Trinajstić information content (AvgIpc) is 2.40. The lowest BCUT2D eigenvalue weighted by Gasteiger charge is -2.22. The SMILES string of the molecule is CC(C)(C)N=C1C=CC(=Nc2ccc(NC(C)(C)C)cc2)CC1. The summed E-state index contributed by atoms with van der Waals surface area (Å²) >= 11 is 0. The first-order valence-electron chi connectivity index (χ1n) is 8.33. The van der Waals surface area contributed by atoms with Gasteiger partial charge in [0.1, 0.15) is 0 Å². The van der Waals surface area contributed by atoms with Crippen molar-refractivity contribution >= 4 is 22.8 Å². The van der Waals surface area contributed by atoms with Gasteiger partial charge in [-0.2, -0.15) is 0 Å². The molecule has 2 rings (SSSR count). The standard InChI is InChI=1S/C20H29N3/c1-19(2,3)22-17-11-7-15(8-12-17)21-16-9-13-18(14-10-16)23-20(4,5)6/h7-9,11-13,22H,10,14H2,1-6H3. The first-order valence-corrected chi connectivity index (χ1v) is 8.33. The van der Waals surface area contributed by atoms with Crippen molar-refractivity contribution in [2.45, 2.75) is 65.5 Å². The number of hydrogen-bond acceptors (Lipinski definition) is 3. The first kappa shape index (κ1) is 17.5. The van der Waals surface area contributed by atoms with Gasteiger partial charge in [0.05, 0.1) is 11.2 Å². The molecule has 1 aromatic rings. The van der Waals surface area contributed by atoms with Crippen LogP contribution in [0.4, 0.5) is 11.4 Å². The molecule has 0 aliphatic heterocycles. The summed E-state index contributed by atoms with van der Waals surface area (Å²) < 4.78 is 0. The topological polar surface area (TPSA) is 36.8 Å². The van der Waals surface area contributed by atoms with E-state index in [1.54, 1.807) is 0 Å². The molecule has 1 aliphatic carbocycles. The molecule has 1 aromatic carbocycles. The minimum Gasteiger partial charge on any atom is -0.380 e. The van der Waals surface area contributed by atoms with Gasteiger partial charge >= 0.3 is 0 Å². The Balaban J connectivity index is 2.06. The van der Waals surface area contributed by atoms with Gasteiger partial charge in [0, 0.05) is 22.6 Å². The molecule has 23 heavy (non-hydrogen) atoms. The van der Waals surface area contributed by atoms with Crippen LogP contribution in [0.3, 0.4) is 0 Å². The highest BCUT2D eigenvalue weighted by Gasteiger charge is 2.12. The summed E-state index contributed by atoms with van der Waals surface area (Å²) in [6, 6.07) is 8.30. The van der Waals surface area contributed by atoms with Gasteiger partial charge in [-0.25, -0.2) is 0 Å². The Morgan fingerprint density at radius 2 is 1.39 bits per heavy atom. The quantitative estimate of drug-likeness (QED) is 0.762. The molecule has 0 amide bonds. The third-order valence-corrected chi connectivity index (χ3v) is 3.24.